The minimum absolute atomic E-state index is 0. The van der Waals surface area contributed by atoms with Gasteiger partial charge in [-0.05, 0) is 96.4 Å². The first-order valence-corrected chi connectivity index (χ1v) is 15.1. The van der Waals surface area contributed by atoms with Crippen molar-refractivity contribution in [2.45, 2.75) is 33.6 Å². The van der Waals surface area contributed by atoms with Crippen molar-refractivity contribution < 1.29 is 28.7 Å². The molecule has 5 aromatic rings. The van der Waals surface area contributed by atoms with Crippen LogP contribution < -0.4 is 14.4 Å². The normalized spacial score (nSPS) is 13.8. The van der Waals surface area contributed by atoms with Crippen molar-refractivity contribution >= 4 is 29.3 Å². The molecule has 5 aromatic carbocycles. The molecule has 2 heterocycles. The molecule has 0 atom stereocenters. The smallest absolute Gasteiger partial charge is 0.266 e. The fourth-order valence-corrected chi connectivity index (χ4v) is 6.01. The van der Waals surface area contributed by atoms with E-state index < -0.39 is 0 Å². The summed E-state index contributed by atoms with van der Waals surface area (Å²) < 4.78 is 12.1. The second-order valence-corrected chi connectivity index (χ2v) is 12.2. The van der Waals surface area contributed by atoms with Gasteiger partial charge in [0.1, 0.15) is 23.0 Å². The van der Waals surface area contributed by atoms with E-state index in [4.69, 9.17) is 9.47 Å². The van der Waals surface area contributed by atoms with Crippen molar-refractivity contribution in [1.82, 2.24) is 4.90 Å². The lowest BCUT2D eigenvalue weighted by molar-refractivity contribution is 0.0692. The Kier molecular flexibility index (Phi) is 7.96. The summed E-state index contributed by atoms with van der Waals surface area (Å²) >= 11 is 0. The number of ether oxygens (including phenoxy) is 2. The highest BCUT2D eigenvalue weighted by Crippen LogP contribution is 2.37. The van der Waals surface area contributed by atoms with Gasteiger partial charge in [-0.15, -0.1) is 0 Å². The van der Waals surface area contributed by atoms with Crippen LogP contribution in [0.5, 0.6) is 23.0 Å². The molecule has 48 heavy (non-hydrogen) atoms. The summed E-state index contributed by atoms with van der Waals surface area (Å²) in [7, 11) is 1.47. The number of rotatable bonds is 7. The second-order valence-electron chi connectivity index (χ2n) is 12.2. The molecular formula is C40H34N2O6. The Labute approximate surface area is 279 Å². The average Bonchev–Trinajstić information content (AvgIpc) is 3.44. The first-order chi connectivity index (χ1) is 22.5. The highest BCUT2D eigenvalue weighted by molar-refractivity contribution is 6.34. The average molecular weight is 639 g/mol. The van der Waals surface area contributed by atoms with Gasteiger partial charge in [0, 0.05) is 12.5 Å². The van der Waals surface area contributed by atoms with Crippen molar-refractivity contribution in [3.63, 3.8) is 0 Å². The predicted molar refractivity (Wildman–Crippen MR) is 184 cm³/mol. The summed E-state index contributed by atoms with van der Waals surface area (Å²) in [5.41, 5.74) is 4.66. The number of carbonyl (C=O) groups excluding carboxylic acids is 4. The fourth-order valence-electron chi connectivity index (χ4n) is 6.01. The number of hydrogen-bond acceptors (Lipinski definition) is 6. The van der Waals surface area contributed by atoms with E-state index in [0.29, 0.717) is 50.9 Å². The van der Waals surface area contributed by atoms with Crippen molar-refractivity contribution in [3.8, 4) is 23.0 Å². The molecule has 8 heteroatoms. The first-order valence-electron chi connectivity index (χ1n) is 15.1. The van der Waals surface area contributed by atoms with Gasteiger partial charge in [-0.3, -0.25) is 24.1 Å². The number of amides is 4. The molecule has 4 amide bonds. The molecule has 240 valence electrons. The monoisotopic (exact) mass is 638 g/mol. The summed E-state index contributed by atoms with van der Waals surface area (Å²) in [4.78, 5) is 53.1. The number of aryl methyl sites for hydroxylation is 1. The Morgan fingerprint density at radius 2 is 0.958 bits per heavy atom. The van der Waals surface area contributed by atoms with Crippen molar-refractivity contribution in [2.75, 3.05) is 11.9 Å². The number of carbonyl (C=O) groups is 4. The number of benzene rings is 5. The molecule has 2 aliphatic heterocycles. The number of fused-ring (bicyclic) bond motifs is 2. The topological polar surface area (TPSA) is 93.2 Å². The van der Waals surface area contributed by atoms with E-state index in [1.54, 1.807) is 42.5 Å². The van der Waals surface area contributed by atoms with Gasteiger partial charge in [0.25, 0.3) is 23.6 Å². The van der Waals surface area contributed by atoms with Crippen LogP contribution in [0.1, 0.15) is 79.4 Å². The van der Waals surface area contributed by atoms with E-state index in [1.165, 1.54) is 11.9 Å². The Morgan fingerprint density at radius 3 is 1.48 bits per heavy atom. The third kappa shape index (κ3) is 5.41. The molecule has 0 aromatic heterocycles. The highest BCUT2D eigenvalue weighted by Gasteiger charge is 2.37. The van der Waals surface area contributed by atoms with Gasteiger partial charge < -0.3 is 9.47 Å². The minimum atomic E-state index is -0.374. The van der Waals surface area contributed by atoms with E-state index in [-0.39, 0.29) is 36.5 Å². The molecule has 0 N–H and O–H groups in total. The molecule has 0 fully saturated rings. The second kappa shape index (κ2) is 12.0. The number of nitrogens with zero attached hydrogens (tertiary/aromatic N) is 2. The molecule has 0 spiro atoms. The molecule has 0 radical (unpaired) electrons. The lowest BCUT2D eigenvalue weighted by Crippen LogP contribution is -2.29. The number of imide groups is 2. The predicted octanol–water partition coefficient (Wildman–Crippen LogP) is 8.57. The van der Waals surface area contributed by atoms with Gasteiger partial charge in [0.2, 0.25) is 0 Å². The van der Waals surface area contributed by atoms with Gasteiger partial charge in [0.05, 0.1) is 27.9 Å². The maximum absolute atomic E-state index is 13.2. The minimum Gasteiger partial charge on any atom is -0.457 e. The van der Waals surface area contributed by atoms with Crippen molar-refractivity contribution in [1.29, 1.82) is 0 Å². The third-order valence-electron chi connectivity index (χ3n) is 8.80. The van der Waals surface area contributed by atoms with Crippen LogP contribution >= 0.6 is 0 Å². The van der Waals surface area contributed by atoms with Crippen LogP contribution in [0.4, 0.5) is 5.69 Å². The van der Waals surface area contributed by atoms with Crippen LogP contribution in [0.25, 0.3) is 0 Å². The Hall–Kier alpha value is -6.02. The molecule has 0 saturated heterocycles. The van der Waals surface area contributed by atoms with Crippen LogP contribution in [0, 0.1) is 6.92 Å². The highest BCUT2D eigenvalue weighted by atomic mass is 16.5. The maximum atomic E-state index is 13.2. The quantitative estimate of drug-likeness (QED) is 0.166. The lowest BCUT2D eigenvalue weighted by atomic mass is 9.78. The lowest BCUT2D eigenvalue weighted by Gasteiger charge is -2.26. The molecule has 7 rings (SSSR count). The zero-order valence-electron chi connectivity index (χ0n) is 26.2. The number of hydrogen-bond donors (Lipinski definition) is 0. The Morgan fingerprint density at radius 1 is 0.521 bits per heavy atom. The molecule has 0 saturated carbocycles. The van der Waals surface area contributed by atoms with Crippen LogP contribution in [0.3, 0.4) is 0 Å². The van der Waals surface area contributed by atoms with Crippen molar-refractivity contribution in [3.05, 3.63) is 148 Å². The van der Waals surface area contributed by atoms with E-state index in [0.717, 1.165) is 21.6 Å². The summed E-state index contributed by atoms with van der Waals surface area (Å²) in [6.45, 7) is 6.17. The van der Waals surface area contributed by atoms with E-state index in [2.05, 4.69) is 13.8 Å². The van der Waals surface area contributed by atoms with E-state index in [9.17, 15) is 19.2 Å². The van der Waals surface area contributed by atoms with Crippen LogP contribution in [-0.2, 0) is 5.41 Å². The van der Waals surface area contributed by atoms with Crippen LogP contribution in [0.15, 0.2) is 109 Å². The standard InChI is InChI=1S/C39H30N2O6.CH4/c1-23-6-5-7-26(20-23)41-37(44)32-19-17-30(22-34(32)38(41)45)47-28-14-10-25(11-15-28)39(2,3)24-8-12-27(13-9-24)46-29-16-18-31-33(21-29)36(43)40(4)35(31)42;/h5-22H,1-4H3;1H4. The van der Waals surface area contributed by atoms with Gasteiger partial charge in [0.15, 0.2) is 0 Å². The van der Waals surface area contributed by atoms with Crippen molar-refractivity contribution in [2.24, 2.45) is 0 Å². The zero-order valence-corrected chi connectivity index (χ0v) is 26.2. The first kappa shape index (κ1) is 31.9. The fraction of sp³-hybridized carbons (Fsp3) is 0.150. The Balaban J connectivity index is 0.00000401. The van der Waals surface area contributed by atoms with Gasteiger partial charge in [-0.25, -0.2) is 4.90 Å². The molecule has 2 aliphatic rings. The molecule has 8 nitrogen and oxygen atoms in total. The molecular weight excluding hydrogens is 604 g/mol. The number of anilines is 1. The van der Waals surface area contributed by atoms with E-state index >= 15 is 0 Å². The largest absolute Gasteiger partial charge is 0.457 e. The van der Waals surface area contributed by atoms with Crippen LogP contribution in [0.2, 0.25) is 0 Å². The van der Waals surface area contributed by atoms with Crippen LogP contribution in [-0.4, -0.2) is 35.6 Å². The van der Waals surface area contributed by atoms with Gasteiger partial charge >= 0.3 is 0 Å². The van der Waals surface area contributed by atoms with E-state index in [1.807, 2.05) is 73.7 Å². The summed E-state index contributed by atoms with van der Waals surface area (Å²) in [5, 5.41) is 0. The SMILES string of the molecule is C.Cc1cccc(N2C(=O)c3ccc(Oc4ccc(C(C)(C)c5ccc(Oc6ccc7c(c6)C(=O)N(C)C7=O)cc5)cc4)cc3C2=O)c1. The summed E-state index contributed by atoms with van der Waals surface area (Å²) in [6, 6.07) is 32.7. The summed E-state index contributed by atoms with van der Waals surface area (Å²) in [5.74, 6) is 0.769. The molecule has 0 bridgehead atoms. The third-order valence-corrected chi connectivity index (χ3v) is 8.80. The maximum Gasteiger partial charge on any atom is 0.266 e. The molecule has 0 aliphatic carbocycles. The Bertz CT molecular complexity index is 2120. The molecule has 0 unspecified atom stereocenters. The van der Waals surface area contributed by atoms with Gasteiger partial charge in [-0.2, -0.15) is 0 Å². The zero-order chi connectivity index (χ0) is 33.0. The van der Waals surface area contributed by atoms with Gasteiger partial charge in [-0.1, -0.05) is 57.7 Å². The summed E-state index contributed by atoms with van der Waals surface area (Å²) in [6.07, 6.45) is 0.